The summed E-state index contributed by atoms with van der Waals surface area (Å²) in [5.74, 6) is 0.827. The zero-order valence-corrected chi connectivity index (χ0v) is 30.6. The molecule has 0 unspecified atom stereocenters. The molecule has 0 fully saturated rings. The van der Waals surface area contributed by atoms with Gasteiger partial charge < -0.3 is 9.30 Å². The minimum atomic E-state index is -0.875. The van der Waals surface area contributed by atoms with Crippen LogP contribution in [0.1, 0.15) is 47.5 Å². The third kappa shape index (κ3) is 6.05. The molecule has 0 spiro atoms. The average Bonchev–Trinajstić information content (AvgIpc) is 3.73. The molecule has 8 nitrogen and oxygen atoms in total. The van der Waals surface area contributed by atoms with E-state index in [1.165, 1.54) is 7.11 Å². The number of fused-ring (bicyclic) bond motifs is 1. The first-order valence-corrected chi connectivity index (χ1v) is 18.3. The van der Waals surface area contributed by atoms with Crippen molar-refractivity contribution in [3.8, 4) is 28.3 Å². The molecule has 3 heterocycles. The van der Waals surface area contributed by atoms with Crippen LogP contribution in [0, 0.1) is 0 Å². The summed E-state index contributed by atoms with van der Waals surface area (Å²) < 4.78 is 7.34. The molecule has 0 aliphatic rings. The number of hydrogen-bond acceptors (Lipinski definition) is 6. The Labute approximate surface area is 314 Å². The van der Waals surface area contributed by atoms with E-state index in [0.717, 1.165) is 74.1 Å². The van der Waals surface area contributed by atoms with Gasteiger partial charge in [0.2, 0.25) is 5.82 Å². The first kappa shape index (κ1) is 34.4. The largest absolute Gasteiger partial charge is 0.491 e. The van der Waals surface area contributed by atoms with Gasteiger partial charge in [0.15, 0.2) is 11.3 Å². The predicted molar refractivity (Wildman–Crippen MR) is 214 cm³/mol. The summed E-state index contributed by atoms with van der Waals surface area (Å²) in [4.78, 5) is 20.2. The number of rotatable bonds is 11. The number of tetrazole rings is 1. The van der Waals surface area contributed by atoms with Gasteiger partial charge in [-0.3, -0.25) is 9.78 Å². The number of methoxy groups -OCH3 is 1. The molecule has 54 heavy (non-hydrogen) atoms. The normalized spacial score (nSPS) is 11.5. The highest BCUT2D eigenvalue weighted by Gasteiger charge is 2.41. The lowest BCUT2D eigenvalue weighted by Crippen LogP contribution is -2.39. The van der Waals surface area contributed by atoms with Crippen molar-refractivity contribution in [2.75, 3.05) is 7.11 Å². The van der Waals surface area contributed by atoms with Crippen LogP contribution in [0.4, 0.5) is 0 Å². The summed E-state index contributed by atoms with van der Waals surface area (Å²) in [6.07, 6.45) is 1.54. The fourth-order valence-electron chi connectivity index (χ4n) is 7.47. The Kier molecular flexibility index (Phi) is 9.40. The first-order chi connectivity index (χ1) is 26.5. The van der Waals surface area contributed by atoms with Crippen LogP contribution in [0.25, 0.3) is 33.4 Å². The maximum Gasteiger partial charge on any atom is 0.293 e. The molecule has 0 amide bonds. The van der Waals surface area contributed by atoms with E-state index in [-0.39, 0.29) is 5.56 Å². The summed E-state index contributed by atoms with van der Waals surface area (Å²) in [7, 11) is 1.54. The van der Waals surface area contributed by atoms with Crippen molar-refractivity contribution in [2.24, 2.45) is 0 Å². The van der Waals surface area contributed by atoms with E-state index in [9.17, 15) is 4.79 Å². The summed E-state index contributed by atoms with van der Waals surface area (Å²) >= 11 is 0. The van der Waals surface area contributed by atoms with Crippen molar-refractivity contribution in [2.45, 2.75) is 38.8 Å². The Morgan fingerprint density at radius 1 is 0.667 bits per heavy atom. The zero-order chi connectivity index (χ0) is 37.1. The third-order valence-electron chi connectivity index (χ3n) is 10.2. The Bertz CT molecular complexity index is 2500. The predicted octanol–water partition coefficient (Wildman–Crippen LogP) is 8.74. The number of benzene rings is 5. The standard InChI is InChI=1S/C46H40N6O2/c1-4-37-29-42-40(41(5-2)47-37)30-43(54-3)45(53)51(42)31-32-25-27-33(28-26-32)38-23-15-16-24-39(38)44-48-50-52(49-44)46(34-17-9-6-10-18-34,35-19-11-7-12-20-35)36-21-13-8-14-22-36/h6-30H,4-5,31H2,1-3H3. The lowest BCUT2D eigenvalue weighted by Gasteiger charge is -2.34. The number of nitrogens with zero attached hydrogens (tertiary/aromatic N) is 6. The Morgan fingerprint density at radius 2 is 1.24 bits per heavy atom. The lowest BCUT2D eigenvalue weighted by atomic mass is 9.77. The number of aryl methyl sites for hydroxylation is 2. The van der Waals surface area contributed by atoms with E-state index in [2.05, 4.69) is 80.6 Å². The molecule has 0 saturated carbocycles. The van der Waals surface area contributed by atoms with Gasteiger partial charge in [-0.1, -0.05) is 153 Å². The lowest BCUT2D eigenvalue weighted by molar-refractivity contribution is 0.396. The molecule has 8 aromatic rings. The monoisotopic (exact) mass is 708 g/mol. The van der Waals surface area contributed by atoms with Crippen molar-refractivity contribution in [3.05, 3.63) is 196 Å². The molecule has 0 saturated heterocycles. The SMILES string of the molecule is CCc1cc2c(cc(OC)c(=O)n2Cc2ccc(-c3ccccc3-c3nnn(C(c4ccccc4)(c4ccccc4)c4ccccc4)n3)cc2)c(CC)n1. The van der Waals surface area contributed by atoms with Crippen LogP contribution < -0.4 is 10.3 Å². The van der Waals surface area contributed by atoms with E-state index in [1.807, 2.05) is 84.9 Å². The van der Waals surface area contributed by atoms with Crippen LogP contribution in [-0.2, 0) is 24.9 Å². The quantitative estimate of drug-likeness (QED) is 0.125. The van der Waals surface area contributed by atoms with Crippen LogP contribution in [0.3, 0.4) is 0 Å². The summed E-state index contributed by atoms with van der Waals surface area (Å²) in [5.41, 5.74) is 8.63. The molecule has 266 valence electrons. The van der Waals surface area contributed by atoms with Gasteiger partial charge in [-0.2, -0.15) is 0 Å². The van der Waals surface area contributed by atoms with Crippen molar-refractivity contribution in [1.82, 2.24) is 29.8 Å². The van der Waals surface area contributed by atoms with E-state index in [1.54, 1.807) is 9.36 Å². The number of ether oxygens (including phenoxy) is 1. The Morgan fingerprint density at radius 3 is 1.80 bits per heavy atom. The van der Waals surface area contributed by atoms with Crippen molar-refractivity contribution in [3.63, 3.8) is 0 Å². The Hall–Kier alpha value is -6.67. The number of aromatic nitrogens is 6. The first-order valence-electron chi connectivity index (χ1n) is 18.3. The number of hydrogen-bond donors (Lipinski definition) is 0. The molecule has 0 radical (unpaired) electrons. The van der Waals surface area contributed by atoms with Gasteiger partial charge in [0.25, 0.3) is 5.56 Å². The molecule has 0 N–H and O–H groups in total. The van der Waals surface area contributed by atoms with Crippen molar-refractivity contribution < 1.29 is 4.74 Å². The van der Waals surface area contributed by atoms with E-state index >= 15 is 0 Å². The summed E-state index contributed by atoms with van der Waals surface area (Å²) in [6, 6.07) is 51.3. The average molecular weight is 709 g/mol. The summed E-state index contributed by atoms with van der Waals surface area (Å²) in [6.45, 7) is 4.56. The molecule has 8 rings (SSSR count). The van der Waals surface area contributed by atoms with Crippen molar-refractivity contribution >= 4 is 10.9 Å². The molecule has 8 heteroatoms. The molecule has 5 aromatic carbocycles. The minimum absolute atomic E-state index is 0.165. The molecule has 0 atom stereocenters. The topological polar surface area (TPSA) is 87.7 Å². The van der Waals surface area contributed by atoms with Crippen molar-refractivity contribution in [1.29, 1.82) is 0 Å². The molecule has 0 bridgehead atoms. The molecule has 0 aliphatic carbocycles. The second-order valence-electron chi connectivity index (χ2n) is 13.3. The van der Waals surface area contributed by atoms with Gasteiger partial charge in [0.05, 0.1) is 19.2 Å². The van der Waals surface area contributed by atoms with Gasteiger partial charge in [0, 0.05) is 22.3 Å². The van der Waals surface area contributed by atoms with Gasteiger partial charge in [0.1, 0.15) is 0 Å². The van der Waals surface area contributed by atoms with Gasteiger partial charge in [-0.15, -0.1) is 15.0 Å². The molecular weight excluding hydrogens is 669 g/mol. The fourth-order valence-corrected chi connectivity index (χ4v) is 7.47. The van der Waals surface area contributed by atoms with Gasteiger partial charge >= 0.3 is 0 Å². The fraction of sp³-hybridized carbons (Fsp3) is 0.152. The highest BCUT2D eigenvalue weighted by molar-refractivity contribution is 5.83. The van der Waals surface area contributed by atoms with Gasteiger partial charge in [-0.05, 0) is 63.6 Å². The third-order valence-corrected chi connectivity index (χ3v) is 10.2. The number of pyridine rings is 2. The maximum absolute atomic E-state index is 13.6. The van der Waals surface area contributed by atoms with Gasteiger partial charge in [-0.25, -0.2) is 0 Å². The van der Waals surface area contributed by atoms with Crippen LogP contribution in [0.15, 0.2) is 156 Å². The van der Waals surface area contributed by atoms with E-state index in [0.29, 0.717) is 18.1 Å². The molecule has 3 aromatic heterocycles. The van der Waals surface area contributed by atoms with Crippen LogP contribution in [-0.4, -0.2) is 36.9 Å². The Balaban J connectivity index is 1.19. The molecule has 0 aliphatic heterocycles. The summed E-state index contributed by atoms with van der Waals surface area (Å²) in [5, 5.41) is 15.6. The highest BCUT2D eigenvalue weighted by atomic mass is 16.5. The van der Waals surface area contributed by atoms with Crippen LogP contribution in [0.2, 0.25) is 0 Å². The second kappa shape index (κ2) is 14.8. The molecular formula is C46H40N6O2. The van der Waals surface area contributed by atoms with E-state index in [4.69, 9.17) is 25.1 Å². The maximum atomic E-state index is 13.6. The van der Waals surface area contributed by atoms with Crippen LogP contribution >= 0.6 is 0 Å². The minimum Gasteiger partial charge on any atom is -0.491 e. The van der Waals surface area contributed by atoms with E-state index < -0.39 is 5.54 Å². The second-order valence-corrected chi connectivity index (χ2v) is 13.3. The zero-order valence-electron chi connectivity index (χ0n) is 30.6. The smallest absolute Gasteiger partial charge is 0.293 e. The highest BCUT2D eigenvalue weighted by Crippen LogP contribution is 2.40. The van der Waals surface area contributed by atoms with Crippen LogP contribution in [0.5, 0.6) is 5.75 Å².